The molecule has 2 atom stereocenters. The van der Waals surface area contributed by atoms with E-state index in [1.54, 1.807) is 0 Å². The number of hydrogen-bond acceptors (Lipinski definition) is 1. The summed E-state index contributed by atoms with van der Waals surface area (Å²) in [7, 11) is 0. The molecule has 0 saturated carbocycles. The summed E-state index contributed by atoms with van der Waals surface area (Å²) in [5.74, 6) is -1.02. The molecule has 0 aromatic heterocycles. The molecule has 1 saturated heterocycles. The molecule has 0 bridgehead atoms. The summed E-state index contributed by atoms with van der Waals surface area (Å²) in [5, 5.41) is -0.641. The van der Waals surface area contributed by atoms with Crippen LogP contribution in [0.2, 0.25) is 0 Å². The molecule has 0 N–H and O–H groups in total. The maximum absolute atomic E-state index is 13.7. The summed E-state index contributed by atoms with van der Waals surface area (Å²) < 4.78 is 32.7. The van der Waals surface area contributed by atoms with Gasteiger partial charge in [-0.1, -0.05) is 0 Å². The summed E-state index contributed by atoms with van der Waals surface area (Å²) in [5.41, 5.74) is 0.166. The number of alkyl halides is 1. The molecule has 2 unspecified atom stereocenters. The van der Waals surface area contributed by atoms with Gasteiger partial charge in [0.1, 0.15) is 11.6 Å². The van der Waals surface area contributed by atoms with E-state index >= 15 is 0 Å². The van der Waals surface area contributed by atoms with Gasteiger partial charge in [-0.2, -0.15) is 0 Å². The van der Waals surface area contributed by atoms with Crippen LogP contribution in [0.5, 0.6) is 0 Å². The summed E-state index contributed by atoms with van der Waals surface area (Å²) in [6.07, 6.45) is 2.55. The molecule has 1 aromatic carbocycles. The Morgan fingerprint density at radius 3 is 2.71 bits per heavy atom. The highest BCUT2D eigenvalue weighted by molar-refractivity contribution is 9.10. The van der Waals surface area contributed by atoms with Crippen molar-refractivity contribution in [2.45, 2.75) is 30.7 Å². The molecule has 5 heteroatoms. The van der Waals surface area contributed by atoms with Gasteiger partial charge in [0.25, 0.3) is 0 Å². The molecule has 1 aromatic rings. The summed E-state index contributed by atoms with van der Waals surface area (Å²) in [4.78, 5) is 0. The second-order valence-electron chi connectivity index (χ2n) is 4.09. The first-order valence-electron chi connectivity index (χ1n) is 5.49. The number of rotatable bonds is 2. The molecule has 2 rings (SSSR count). The molecule has 1 aliphatic heterocycles. The molecular weight excluding hydrogens is 313 g/mol. The largest absolute Gasteiger partial charge is 0.376 e. The maximum Gasteiger partial charge on any atom is 0.137 e. The monoisotopic (exact) mass is 324 g/mol. The van der Waals surface area contributed by atoms with Crippen LogP contribution < -0.4 is 0 Å². The minimum absolute atomic E-state index is 0.104. The molecule has 0 amide bonds. The van der Waals surface area contributed by atoms with Crippen LogP contribution in [-0.4, -0.2) is 12.7 Å². The lowest BCUT2D eigenvalue weighted by atomic mass is 10.0. The van der Waals surface area contributed by atoms with Gasteiger partial charge in [-0.05, 0) is 47.3 Å². The topological polar surface area (TPSA) is 9.23 Å². The van der Waals surface area contributed by atoms with Crippen LogP contribution in [0.1, 0.15) is 30.2 Å². The van der Waals surface area contributed by atoms with Gasteiger partial charge in [0, 0.05) is 12.2 Å². The van der Waals surface area contributed by atoms with Crippen LogP contribution in [0.3, 0.4) is 0 Å². The predicted octanol–water partition coefficient (Wildman–Crippen LogP) is 4.58. The van der Waals surface area contributed by atoms with Crippen molar-refractivity contribution in [1.82, 2.24) is 0 Å². The van der Waals surface area contributed by atoms with E-state index in [4.69, 9.17) is 16.3 Å². The summed E-state index contributed by atoms with van der Waals surface area (Å²) in [6, 6.07) is 2.23. The Kier molecular flexibility index (Phi) is 4.39. The number of benzene rings is 1. The van der Waals surface area contributed by atoms with Gasteiger partial charge < -0.3 is 4.74 Å². The van der Waals surface area contributed by atoms with Gasteiger partial charge in [0.2, 0.25) is 0 Å². The van der Waals surface area contributed by atoms with E-state index < -0.39 is 17.0 Å². The Labute approximate surface area is 112 Å². The fourth-order valence-electron chi connectivity index (χ4n) is 1.95. The molecule has 1 heterocycles. The number of hydrogen-bond donors (Lipinski definition) is 0. The molecule has 1 aliphatic rings. The van der Waals surface area contributed by atoms with E-state index in [2.05, 4.69) is 15.9 Å². The van der Waals surface area contributed by atoms with Crippen LogP contribution in [0.25, 0.3) is 0 Å². The zero-order valence-electron chi connectivity index (χ0n) is 9.06. The van der Waals surface area contributed by atoms with Crippen LogP contribution in [-0.2, 0) is 4.74 Å². The van der Waals surface area contributed by atoms with Gasteiger partial charge in [-0.15, -0.1) is 11.6 Å². The molecule has 1 nitrogen and oxygen atoms in total. The van der Waals surface area contributed by atoms with Crippen molar-refractivity contribution in [2.24, 2.45) is 0 Å². The quantitative estimate of drug-likeness (QED) is 0.571. The fourth-order valence-corrected chi connectivity index (χ4v) is 2.63. The normalized spacial score (nSPS) is 22.5. The highest BCUT2D eigenvalue weighted by atomic mass is 79.9. The molecule has 0 radical (unpaired) electrons. The van der Waals surface area contributed by atoms with Crippen LogP contribution in [0.15, 0.2) is 16.6 Å². The van der Waals surface area contributed by atoms with Crippen molar-refractivity contribution in [2.75, 3.05) is 6.61 Å². The molecule has 94 valence electrons. The second kappa shape index (κ2) is 5.63. The zero-order valence-corrected chi connectivity index (χ0v) is 11.4. The second-order valence-corrected chi connectivity index (χ2v) is 5.42. The Bertz CT molecular complexity index is 408. The smallest absolute Gasteiger partial charge is 0.137 e. The highest BCUT2D eigenvalue weighted by Crippen LogP contribution is 2.34. The lowest BCUT2D eigenvalue weighted by Gasteiger charge is -2.27. The first kappa shape index (κ1) is 13.2. The minimum Gasteiger partial charge on any atom is -0.376 e. The third kappa shape index (κ3) is 2.98. The van der Waals surface area contributed by atoms with E-state index in [1.807, 2.05) is 0 Å². The molecule has 0 aliphatic carbocycles. The van der Waals surface area contributed by atoms with Crippen molar-refractivity contribution in [3.63, 3.8) is 0 Å². The fraction of sp³-hybridized carbons (Fsp3) is 0.500. The van der Waals surface area contributed by atoms with Crippen molar-refractivity contribution in [3.8, 4) is 0 Å². The Morgan fingerprint density at radius 1 is 1.29 bits per heavy atom. The third-order valence-corrected chi connectivity index (χ3v) is 4.00. The van der Waals surface area contributed by atoms with E-state index in [9.17, 15) is 8.78 Å². The Morgan fingerprint density at radius 2 is 2.06 bits per heavy atom. The van der Waals surface area contributed by atoms with Crippen LogP contribution >= 0.6 is 27.5 Å². The highest BCUT2D eigenvalue weighted by Gasteiger charge is 2.27. The minimum atomic E-state index is -0.641. The van der Waals surface area contributed by atoms with Gasteiger partial charge in [-0.3, -0.25) is 0 Å². The Balaban J connectivity index is 2.23. The third-order valence-electron chi connectivity index (χ3n) is 2.88. The molecule has 17 heavy (non-hydrogen) atoms. The van der Waals surface area contributed by atoms with Crippen LogP contribution in [0.4, 0.5) is 8.78 Å². The van der Waals surface area contributed by atoms with Gasteiger partial charge in [0.05, 0.1) is 16.0 Å². The standard InChI is InChI=1S/C12H12BrClF2O/c13-8-6-9(15)7(5-10(8)16)12(14)11-3-1-2-4-17-11/h5-6,11-12H,1-4H2. The Hall–Kier alpha value is -0.190. The maximum atomic E-state index is 13.7. The molecular formula is C12H12BrClF2O. The van der Waals surface area contributed by atoms with Gasteiger partial charge >= 0.3 is 0 Å². The van der Waals surface area contributed by atoms with Crippen molar-refractivity contribution >= 4 is 27.5 Å². The number of halogens is 4. The average Bonchev–Trinajstić information content (AvgIpc) is 2.34. The van der Waals surface area contributed by atoms with Gasteiger partial charge in [0.15, 0.2) is 0 Å². The lowest BCUT2D eigenvalue weighted by molar-refractivity contribution is 0.0130. The molecule has 1 fully saturated rings. The first-order chi connectivity index (χ1) is 8.09. The van der Waals surface area contributed by atoms with Crippen molar-refractivity contribution < 1.29 is 13.5 Å². The lowest BCUT2D eigenvalue weighted by Crippen LogP contribution is -2.24. The van der Waals surface area contributed by atoms with E-state index in [1.165, 1.54) is 0 Å². The zero-order chi connectivity index (χ0) is 12.4. The van der Waals surface area contributed by atoms with Crippen molar-refractivity contribution in [3.05, 3.63) is 33.8 Å². The van der Waals surface area contributed by atoms with E-state index in [0.717, 1.165) is 31.4 Å². The summed E-state index contributed by atoms with van der Waals surface area (Å²) in [6.45, 7) is 0.633. The van der Waals surface area contributed by atoms with E-state index in [-0.39, 0.29) is 16.1 Å². The van der Waals surface area contributed by atoms with E-state index in [0.29, 0.717) is 6.61 Å². The first-order valence-corrected chi connectivity index (χ1v) is 6.72. The van der Waals surface area contributed by atoms with Crippen molar-refractivity contribution in [1.29, 1.82) is 0 Å². The molecule has 0 spiro atoms. The van der Waals surface area contributed by atoms with Crippen LogP contribution in [0, 0.1) is 11.6 Å². The predicted molar refractivity (Wildman–Crippen MR) is 66.2 cm³/mol. The average molecular weight is 326 g/mol. The van der Waals surface area contributed by atoms with Gasteiger partial charge in [-0.25, -0.2) is 8.78 Å². The summed E-state index contributed by atoms with van der Waals surface area (Å²) >= 11 is 9.10. The number of ether oxygens (including phenoxy) is 1. The SMILES string of the molecule is Fc1cc(C(Cl)C2CCCCO2)c(F)cc1Br.